The van der Waals surface area contributed by atoms with Crippen LogP contribution in [0, 0.1) is 5.82 Å². The Balaban J connectivity index is 0.000000745. The number of carbonyl (C=O) groups excluding carboxylic acids is 2. The third-order valence-electron chi connectivity index (χ3n) is 5.72. The highest BCUT2D eigenvalue weighted by Crippen LogP contribution is 2.25. The van der Waals surface area contributed by atoms with Gasteiger partial charge < -0.3 is 25.2 Å². The summed E-state index contributed by atoms with van der Waals surface area (Å²) in [6, 6.07) is 5.05. The molecular weight excluding hydrogens is 558 g/mol. The number of piperazine rings is 1. The summed E-state index contributed by atoms with van der Waals surface area (Å²) in [6.45, 7) is 6.50. The van der Waals surface area contributed by atoms with Crippen LogP contribution < -0.4 is 10.9 Å². The van der Waals surface area contributed by atoms with Gasteiger partial charge in [0.1, 0.15) is 17.2 Å². The molecule has 2 aromatic rings. The van der Waals surface area contributed by atoms with Crippen LogP contribution >= 0.6 is 0 Å². The Morgan fingerprint density at radius 2 is 1.66 bits per heavy atom. The second-order valence-corrected chi connectivity index (χ2v) is 10.1. The highest BCUT2D eigenvalue weighted by atomic mass is 19.4. The number of nitrogens with one attached hydrogen (secondary N) is 1. The number of rotatable bonds is 4. The van der Waals surface area contributed by atoms with Gasteiger partial charge in [0, 0.05) is 33.2 Å². The average molecular weight is 590 g/mol. The maximum Gasteiger partial charge on any atom is 0.490 e. The first-order chi connectivity index (χ1) is 18.8. The van der Waals surface area contributed by atoms with Crippen LogP contribution in [0.15, 0.2) is 29.1 Å². The summed E-state index contributed by atoms with van der Waals surface area (Å²) >= 11 is 0. The zero-order valence-corrected chi connectivity index (χ0v) is 23.0. The third-order valence-corrected chi connectivity index (χ3v) is 5.72. The van der Waals surface area contributed by atoms with E-state index in [-0.39, 0.29) is 18.9 Å². The normalized spacial score (nSPS) is 15.9. The third kappa shape index (κ3) is 9.16. The van der Waals surface area contributed by atoms with Crippen LogP contribution in [0.1, 0.15) is 48.7 Å². The maximum atomic E-state index is 13.1. The molecule has 1 saturated heterocycles. The molecule has 1 aromatic carbocycles. The van der Waals surface area contributed by atoms with Crippen LogP contribution in [-0.4, -0.2) is 86.0 Å². The molecule has 2 heterocycles. The van der Waals surface area contributed by atoms with Gasteiger partial charge in [0.05, 0.1) is 6.04 Å². The minimum Gasteiger partial charge on any atom is -0.501 e. The minimum atomic E-state index is -5.08. The van der Waals surface area contributed by atoms with Gasteiger partial charge in [0.15, 0.2) is 5.69 Å². The molecule has 1 aliphatic heterocycles. The van der Waals surface area contributed by atoms with E-state index in [2.05, 4.69) is 10.3 Å². The molecule has 1 aromatic heterocycles. The van der Waals surface area contributed by atoms with Crippen LogP contribution in [0.2, 0.25) is 0 Å². The number of hydrogen-bond donors (Lipinski definition) is 3. The van der Waals surface area contributed by atoms with Gasteiger partial charge in [-0.2, -0.15) is 13.2 Å². The minimum absolute atomic E-state index is 0.0561. The Bertz CT molecular complexity index is 1320. The van der Waals surface area contributed by atoms with E-state index in [1.165, 1.54) is 40.8 Å². The molecular formula is C25H31F4N5O7. The zero-order chi connectivity index (χ0) is 31.3. The van der Waals surface area contributed by atoms with E-state index in [0.29, 0.717) is 18.7 Å². The predicted octanol–water partition coefficient (Wildman–Crippen LogP) is 2.41. The van der Waals surface area contributed by atoms with Crippen molar-refractivity contribution in [2.24, 2.45) is 7.05 Å². The van der Waals surface area contributed by atoms with E-state index >= 15 is 0 Å². The van der Waals surface area contributed by atoms with E-state index in [9.17, 15) is 37.1 Å². The molecule has 0 radical (unpaired) electrons. The molecule has 0 aliphatic carbocycles. The number of halogens is 4. The lowest BCUT2D eigenvalue weighted by Crippen LogP contribution is -2.51. The fraction of sp³-hybridized carbons (Fsp3) is 0.480. The Kier molecular flexibility index (Phi) is 10.4. The van der Waals surface area contributed by atoms with Crippen LogP contribution in [0.3, 0.4) is 0 Å². The summed E-state index contributed by atoms with van der Waals surface area (Å²) in [6.07, 6.45) is -5.56. The first kappa shape index (κ1) is 33.0. The molecule has 226 valence electrons. The quantitative estimate of drug-likeness (QED) is 0.456. The van der Waals surface area contributed by atoms with E-state index in [0.717, 1.165) is 0 Å². The van der Waals surface area contributed by atoms with Crippen molar-refractivity contribution in [3.63, 3.8) is 0 Å². The highest BCUT2D eigenvalue weighted by molar-refractivity contribution is 5.94. The Hall–Kier alpha value is -4.21. The van der Waals surface area contributed by atoms with Crippen molar-refractivity contribution < 1.29 is 46.9 Å². The Morgan fingerprint density at radius 3 is 2.17 bits per heavy atom. The standard InChI is InChI=1S/C23H30FN5O5.C2HF3O2/c1-23(2,3)34-22(33)29-11-10-27(4)16(13-29)19-26-17(18(30)21(32)28(19)5)20(31)25-12-14-6-8-15(24)9-7-14;3-2(4,5)1(6)7/h6-9,16,30H,10-13H2,1-5H3,(H,25,31);(H,6,7). The molecule has 16 heteroatoms. The summed E-state index contributed by atoms with van der Waals surface area (Å²) in [7, 11) is 3.27. The highest BCUT2D eigenvalue weighted by Gasteiger charge is 2.38. The van der Waals surface area contributed by atoms with Gasteiger partial charge in [-0.1, -0.05) is 12.1 Å². The topological polar surface area (TPSA) is 154 Å². The van der Waals surface area contributed by atoms with Crippen molar-refractivity contribution >= 4 is 18.0 Å². The summed E-state index contributed by atoms with van der Waals surface area (Å²) < 4.78 is 51.5. The number of amides is 2. The van der Waals surface area contributed by atoms with E-state index < -0.39 is 58.6 Å². The lowest BCUT2D eigenvalue weighted by Gasteiger charge is -2.39. The van der Waals surface area contributed by atoms with Gasteiger partial charge in [-0.05, 0) is 45.5 Å². The number of aliphatic carboxylic acids is 1. The van der Waals surface area contributed by atoms with Gasteiger partial charge in [0.2, 0.25) is 5.75 Å². The number of nitrogens with zero attached hydrogens (tertiary/aromatic N) is 4. The number of hydrogen-bond acceptors (Lipinski definition) is 8. The lowest BCUT2D eigenvalue weighted by atomic mass is 10.1. The SMILES string of the molecule is CN1CCN(C(=O)OC(C)(C)C)CC1c1nc(C(=O)NCc2ccc(F)cc2)c(O)c(=O)n1C.O=C(O)C(F)(F)F. The van der Waals surface area contributed by atoms with Crippen molar-refractivity contribution in [2.75, 3.05) is 26.7 Å². The predicted molar refractivity (Wildman–Crippen MR) is 136 cm³/mol. The maximum absolute atomic E-state index is 13.1. The fourth-order valence-corrected chi connectivity index (χ4v) is 3.58. The van der Waals surface area contributed by atoms with Crippen LogP contribution in [0.5, 0.6) is 5.75 Å². The monoisotopic (exact) mass is 589 g/mol. The van der Waals surface area contributed by atoms with E-state index in [1.807, 2.05) is 11.9 Å². The Morgan fingerprint density at radius 1 is 1.10 bits per heavy atom. The molecule has 12 nitrogen and oxygen atoms in total. The Labute approximate surface area is 232 Å². The van der Waals surface area contributed by atoms with Crippen molar-refractivity contribution in [3.8, 4) is 5.75 Å². The number of aromatic hydroxyl groups is 1. The number of ether oxygens (including phenoxy) is 1. The summed E-state index contributed by atoms with van der Waals surface area (Å²) in [5.41, 5.74) is -1.21. The second-order valence-electron chi connectivity index (χ2n) is 10.1. The number of carboxylic acids is 1. The van der Waals surface area contributed by atoms with E-state index in [4.69, 9.17) is 14.6 Å². The largest absolute Gasteiger partial charge is 0.501 e. The first-order valence-corrected chi connectivity index (χ1v) is 12.1. The zero-order valence-electron chi connectivity index (χ0n) is 23.0. The number of carbonyl (C=O) groups is 3. The van der Waals surface area contributed by atoms with Gasteiger partial charge in [0.25, 0.3) is 11.5 Å². The molecule has 1 atom stereocenters. The van der Waals surface area contributed by atoms with Gasteiger partial charge in [-0.25, -0.2) is 19.0 Å². The van der Waals surface area contributed by atoms with Crippen LogP contribution in [-0.2, 0) is 23.1 Å². The lowest BCUT2D eigenvalue weighted by molar-refractivity contribution is -0.192. The number of alkyl halides is 3. The molecule has 2 amide bonds. The second kappa shape index (κ2) is 13.0. The molecule has 0 spiro atoms. The number of carboxylic acid groups (broad SMARTS) is 1. The molecule has 0 bridgehead atoms. The fourth-order valence-electron chi connectivity index (χ4n) is 3.58. The summed E-state index contributed by atoms with van der Waals surface area (Å²) in [5.74, 6) is -4.45. The molecule has 1 fully saturated rings. The average Bonchev–Trinajstić information content (AvgIpc) is 2.86. The molecule has 1 unspecified atom stereocenters. The van der Waals surface area contributed by atoms with Crippen molar-refractivity contribution in [1.82, 2.24) is 24.7 Å². The molecule has 0 saturated carbocycles. The van der Waals surface area contributed by atoms with Gasteiger partial charge in [-0.3, -0.25) is 19.1 Å². The van der Waals surface area contributed by atoms with Crippen molar-refractivity contribution in [3.05, 3.63) is 57.5 Å². The number of aromatic nitrogens is 2. The molecule has 3 N–H and O–H groups in total. The van der Waals surface area contributed by atoms with Crippen LogP contribution in [0.4, 0.5) is 22.4 Å². The van der Waals surface area contributed by atoms with Gasteiger partial charge >= 0.3 is 18.2 Å². The van der Waals surface area contributed by atoms with Gasteiger partial charge in [-0.15, -0.1) is 0 Å². The molecule has 1 aliphatic rings. The summed E-state index contributed by atoms with van der Waals surface area (Å²) in [4.78, 5) is 54.7. The summed E-state index contributed by atoms with van der Waals surface area (Å²) in [5, 5.41) is 20.0. The molecule has 3 rings (SSSR count). The number of likely N-dealkylation sites (N-methyl/N-ethyl adjacent to an activating group) is 1. The first-order valence-electron chi connectivity index (χ1n) is 12.1. The number of benzene rings is 1. The molecule has 41 heavy (non-hydrogen) atoms. The smallest absolute Gasteiger partial charge is 0.490 e. The van der Waals surface area contributed by atoms with Crippen LogP contribution in [0.25, 0.3) is 0 Å². The van der Waals surface area contributed by atoms with Crippen molar-refractivity contribution in [2.45, 2.75) is 45.1 Å². The van der Waals surface area contributed by atoms with E-state index in [1.54, 1.807) is 20.8 Å². The van der Waals surface area contributed by atoms with Crippen molar-refractivity contribution in [1.29, 1.82) is 0 Å².